The lowest BCUT2D eigenvalue weighted by molar-refractivity contribution is -0.0110. The van der Waals surface area contributed by atoms with Gasteiger partial charge in [-0.15, -0.1) is 0 Å². The average Bonchev–Trinajstić information content (AvgIpc) is 2.65. The molecule has 2 unspecified atom stereocenters. The van der Waals surface area contributed by atoms with Gasteiger partial charge >= 0.3 is 0 Å². The normalized spacial score (nSPS) is 14.0. The molecule has 0 aromatic heterocycles. The number of hydrogen-bond acceptors (Lipinski definition) is 5. The third-order valence-corrected chi connectivity index (χ3v) is 4.67. The Bertz CT molecular complexity index is 271. The largest absolute Gasteiger partial charge is 0.389 e. The molecular formula is C22H47NO4. The SMILES string of the molecule is CCCCCCCCN(CC(O)COCCCC)CC(O)COCCCC. The first-order valence-electron chi connectivity index (χ1n) is 11.4. The Morgan fingerprint density at radius 1 is 0.630 bits per heavy atom. The second-order valence-corrected chi connectivity index (χ2v) is 7.69. The van der Waals surface area contributed by atoms with Crippen molar-refractivity contribution >= 4 is 0 Å². The van der Waals surface area contributed by atoms with Crippen molar-refractivity contribution < 1.29 is 19.7 Å². The number of aliphatic hydroxyl groups is 2. The van der Waals surface area contributed by atoms with Crippen LogP contribution in [0, 0.1) is 0 Å². The molecule has 0 aromatic rings. The van der Waals surface area contributed by atoms with E-state index in [0.717, 1.165) is 38.6 Å². The van der Waals surface area contributed by atoms with Crippen molar-refractivity contribution in [2.45, 2.75) is 97.2 Å². The maximum Gasteiger partial charge on any atom is 0.0900 e. The van der Waals surface area contributed by atoms with Gasteiger partial charge in [0.05, 0.1) is 25.4 Å². The number of rotatable bonds is 21. The third kappa shape index (κ3) is 18.9. The molecule has 0 aliphatic rings. The molecule has 27 heavy (non-hydrogen) atoms. The van der Waals surface area contributed by atoms with Crippen molar-refractivity contribution in [3.63, 3.8) is 0 Å². The van der Waals surface area contributed by atoms with Crippen LogP contribution in [0.2, 0.25) is 0 Å². The van der Waals surface area contributed by atoms with Gasteiger partial charge in [-0.05, 0) is 25.8 Å². The van der Waals surface area contributed by atoms with Crippen molar-refractivity contribution in [1.29, 1.82) is 0 Å². The predicted octanol–water partition coefficient (Wildman–Crippen LogP) is 4.00. The third-order valence-electron chi connectivity index (χ3n) is 4.67. The zero-order valence-corrected chi connectivity index (χ0v) is 18.3. The van der Waals surface area contributed by atoms with Crippen LogP contribution in [0.1, 0.15) is 85.0 Å². The minimum atomic E-state index is -0.504. The number of aliphatic hydroxyl groups excluding tert-OH is 2. The van der Waals surface area contributed by atoms with E-state index in [2.05, 4.69) is 25.7 Å². The molecule has 0 rings (SSSR count). The molecule has 0 aromatic carbocycles. The number of ether oxygens (including phenoxy) is 2. The summed E-state index contributed by atoms with van der Waals surface area (Å²) in [5.74, 6) is 0. The first-order chi connectivity index (χ1) is 13.1. The highest BCUT2D eigenvalue weighted by Gasteiger charge is 2.16. The molecule has 2 atom stereocenters. The summed E-state index contributed by atoms with van der Waals surface area (Å²) in [6, 6.07) is 0. The molecule has 5 nitrogen and oxygen atoms in total. The standard InChI is InChI=1S/C22H47NO4/c1-4-7-10-11-12-13-14-23(17-21(24)19-26-15-8-5-2)18-22(25)20-27-16-9-6-3/h21-22,24-25H,4-20H2,1-3H3. The van der Waals surface area contributed by atoms with Crippen molar-refractivity contribution in [3.8, 4) is 0 Å². The molecule has 0 saturated carbocycles. The molecule has 0 aliphatic carbocycles. The minimum absolute atomic E-state index is 0.371. The zero-order valence-electron chi connectivity index (χ0n) is 18.3. The van der Waals surface area contributed by atoms with Gasteiger partial charge in [-0.2, -0.15) is 0 Å². The molecule has 5 heteroatoms. The molecule has 0 amide bonds. The molecule has 0 heterocycles. The van der Waals surface area contributed by atoms with Gasteiger partial charge in [0, 0.05) is 26.3 Å². The van der Waals surface area contributed by atoms with E-state index in [1.165, 1.54) is 32.1 Å². The van der Waals surface area contributed by atoms with E-state index in [-0.39, 0.29) is 0 Å². The molecule has 0 bridgehead atoms. The quantitative estimate of drug-likeness (QED) is 0.291. The van der Waals surface area contributed by atoms with Crippen molar-refractivity contribution in [1.82, 2.24) is 4.90 Å². The predicted molar refractivity (Wildman–Crippen MR) is 113 cm³/mol. The minimum Gasteiger partial charge on any atom is -0.389 e. The van der Waals surface area contributed by atoms with Crippen LogP contribution in [0.3, 0.4) is 0 Å². The van der Waals surface area contributed by atoms with Gasteiger partial charge in [0.2, 0.25) is 0 Å². The average molecular weight is 390 g/mol. The van der Waals surface area contributed by atoms with E-state index in [9.17, 15) is 10.2 Å². The second-order valence-electron chi connectivity index (χ2n) is 7.69. The zero-order chi connectivity index (χ0) is 20.2. The van der Waals surface area contributed by atoms with Crippen LogP contribution in [0.15, 0.2) is 0 Å². The Labute approximate surface area is 168 Å². The van der Waals surface area contributed by atoms with Gasteiger partial charge in [0.15, 0.2) is 0 Å². The number of unbranched alkanes of at least 4 members (excludes halogenated alkanes) is 7. The van der Waals surface area contributed by atoms with Gasteiger partial charge in [0.1, 0.15) is 0 Å². The summed E-state index contributed by atoms with van der Waals surface area (Å²) in [7, 11) is 0. The van der Waals surface area contributed by atoms with E-state index >= 15 is 0 Å². The highest BCUT2D eigenvalue weighted by Crippen LogP contribution is 2.07. The first kappa shape index (κ1) is 26.8. The molecule has 2 N–H and O–H groups in total. The fraction of sp³-hybridized carbons (Fsp3) is 1.00. The molecular weight excluding hydrogens is 342 g/mol. The molecule has 164 valence electrons. The van der Waals surface area contributed by atoms with E-state index in [1.807, 2.05) is 0 Å². The Morgan fingerprint density at radius 3 is 1.56 bits per heavy atom. The fourth-order valence-electron chi connectivity index (χ4n) is 3.01. The van der Waals surface area contributed by atoms with E-state index in [1.54, 1.807) is 0 Å². The Balaban J connectivity index is 4.17. The topological polar surface area (TPSA) is 62.2 Å². The smallest absolute Gasteiger partial charge is 0.0900 e. The lowest BCUT2D eigenvalue weighted by atomic mass is 10.1. The van der Waals surface area contributed by atoms with Crippen LogP contribution in [0.25, 0.3) is 0 Å². The lowest BCUT2D eigenvalue weighted by Gasteiger charge is -2.27. The van der Waals surface area contributed by atoms with Crippen LogP contribution >= 0.6 is 0 Å². The highest BCUT2D eigenvalue weighted by molar-refractivity contribution is 4.69. The van der Waals surface area contributed by atoms with Crippen LogP contribution in [0.4, 0.5) is 0 Å². The first-order valence-corrected chi connectivity index (χ1v) is 11.4. The molecule has 0 fully saturated rings. The Kier molecular flexibility index (Phi) is 20.4. The maximum absolute atomic E-state index is 10.3. The van der Waals surface area contributed by atoms with Crippen LogP contribution in [-0.2, 0) is 9.47 Å². The van der Waals surface area contributed by atoms with Gasteiger partial charge in [0.25, 0.3) is 0 Å². The Hall–Kier alpha value is -0.200. The summed E-state index contributed by atoms with van der Waals surface area (Å²) < 4.78 is 11.1. The number of hydrogen-bond donors (Lipinski definition) is 2. The molecule has 0 radical (unpaired) electrons. The summed E-state index contributed by atoms with van der Waals surface area (Å²) in [5.41, 5.74) is 0. The van der Waals surface area contributed by atoms with Crippen LogP contribution < -0.4 is 0 Å². The summed E-state index contributed by atoms with van der Waals surface area (Å²) in [6.45, 7) is 10.7. The van der Waals surface area contributed by atoms with Crippen molar-refractivity contribution in [2.75, 3.05) is 46.1 Å². The van der Waals surface area contributed by atoms with Crippen molar-refractivity contribution in [2.24, 2.45) is 0 Å². The Morgan fingerprint density at radius 2 is 1.07 bits per heavy atom. The van der Waals surface area contributed by atoms with E-state index < -0.39 is 12.2 Å². The number of nitrogens with zero attached hydrogens (tertiary/aromatic N) is 1. The van der Waals surface area contributed by atoms with Crippen LogP contribution in [-0.4, -0.2) is 73.4 Å². The summed E-state index contributed by atoms with van der Waals surface area (Å²) in [4.78, 5) is 2.17. The maximum atomic E-state index is 10.3. The van der Waals surface area contributed by atoms with E-state index in [4.69, 9.17) is 9.47 Å². The molecule has 0 saturated heterocycles. The fourth-order valence-corrected chi connectivity index (χ4v) is 3.01. The lowest BCUT2D eigenvalue weighted by Crippen LogP contribution is -2.41. The van der Waals surface area contributed by atoms with E-state index in [0.29, 0.717) is 39.5 Å². The molecule has 0 aliphatic heterocycles. The van der Waals surface area contributed by atoms with Gasteiger partial charge in [-0.3, -0.25) is 4.90 Å². The summed E-state index contributed by atoms with van der Waals surface area (Å²) in [6.07, 6.45) is 10.7. The van der Waals surface area contributed by atoms with Gasteiger partial charge in [-0.1, -0.05) is 65.7 Å². The highest BCUT2D eigenvalue weighted by atomic mass is 16.5. The van der Waals surface area contributed by atoms with Gasteiger partial charge in [-0.25, -0.2) is 0 Å². The summed E-state index contributed by atoms with van der Waals surface area (Å²) in [5, 5.41) is 20.5. The molecule has 0 spiro atoms. The van der Waals surface area contributed by atoms with Crippen LogP contribution in [0.5, 0.6) is 0 Å². The van der Waals surface area contributed by atoms with Gasteiger partial charge < -0.3 is 19.7 Å². The van der Waals surface area contributed by atoms with Crippen molar-refractivity contribution in [3.05, 3.63) is 0 Å². The monoisotopic (exact) mass is 389 g/mol. The second kappa shape index (κ2) is 20.5. The summed E-state index contributed by atoms with van der Waals surface area (Å²) >= 11 is 0.